The maximum absolute atomic E-state index is 12.6. The number of carbonyl (C=O) groups excluding carboxylic acids is 2. The molecule has 1 aliphatic heterocycles. The standard InChI is InChI=1S/C17H26N4O2/c1-13(2)6-7-20-8-10-21(11-9-20)16(22)14-4-3-5-15(12-14)19-17(18)23/h3-5,12-13H,6-11H2,1-2H3,(H3,18,19,23). The van der Waals surface area contributed by atoms with Crippen LogP contribution in [-0.4, -0.2) is 54.5 Å². The quantitative estimate of drug-likeness (QED) is 0.871. The van der Waals surface area contributed by atoms with E-state index in [0.717, 1.165) is 32.7 Å². The van der Waals surface area contributed by atoms with Crippen LogP contribution in [0.1, 0.15) is 30.6 Å². The highest BCUT2D eigenvalue weighted by atomic mass is 16.2. The second-order valence-corrected chi connectivity index (χ2v) is 6.39. The number of nitrogens with zero attached hydrogens (tertiary/aromatic N) is 2. The zero-order chi connectivity index (χ0) is 16.8. The van der Waals surface area contributed by atoms with Crippen molar-refractivity contribution >= 4 is 17.6 Å². The number of nitrogens with two attached hydrogens (primary N) is 1. The van der Waals surface area contributed by atoms with Crippen LogP contribution in [0.3, 0.4) is 0 Å². The van der Waals surface area contributed by atoms with Crippen LogP contribution < -0.4 is 11.1 Å². The highest BCUT2D eigenvalue weighted by molar-refractivity contribution is 5.96. The van der Waals surface area contributed by atoms with Gasteiger partial charge in [-0.3, -0.25) is 9.69 Å². The van der Waals surface area contributed by atoms with Gasteiger partial charge in [0.2, 0.25) is 0 Å². The molecule has 1 aromatic carbocycles. The van der Waals surface area contributed by atoms with Crippen LogP contribution in [-0.2, 0) is 0 Å². The Morgan fingerprint density at radius 2 is 1.91 bits per heavy atom. The zero-order valence-electron chi connectivity index (χ0n) is 13.9. The Morgan fingerprint density at radius 3 is 2.52 bits per heavy atom. The molecular weight excluding hydrogens is 292 g/mol. The summed E-state index contributed by atoms with van der Waals surface area (Å²) in [6, 6.07) is 6.26. The molecule has 0 aromatic heterocycles. The first-order valence-electron chi connectivity index (χ1n) is 8.14. The maximum Gasteiger partial charge on any atom is 0.316 e. The first-order chi connectivity index (χ1) is 11.0. The van der Waals surface area contributed by atoms with Gasteiger partial charge in [-0.2, -0.15) is 0 Å². The van der Waals surface area contributed by atoms with Crippen LogP contribution in [0.2, 0.25) is 0 Å². The molecule has 3 amide bonds. The molecule has 3 N–H and O–H groups in total. The van der Waals surface area contributed by atoms with E-state index in [1.165, 1.54) is 6.42 Å². The first-order valence-corrected chi connectivity index (χ1v) is 8.14. The summed E-state index contributed by atoms with van der Waals surface area (Å²) in [4.78, 5) is 27.8. The second kappa shape index (κ2) is 7.97. The average molecular weight is 318 g/mol. The van der Waals surface area contributed by atoms with Gasteiger partial charge in [-0.1, -0.05) is 19.9 Å². The minimum atomic E-state index is -0.631. The minimum absolute atomic E-state index is 0.00151. The highest BCUT2D eigenvalue weighted by Crippen LogP contribution is 2.14. The topological polar surface area (TPSA) is 78.7 Å². The number of anilines is 1. The monoisotopic (exact) mass is 318 g/mol. The molecule has 2 rings (SSSR count). The molecule has 1 fully saturated rings. The lowest BCUT2D eigenvalue weighted by molar-refractivity contribution is 0.0632. The molecule has 6 nitrogen and oxygen atoms in total. The Bertz CT molecular complexity index is 551. The fourth-order valence-electron chi connectivity index (χ4n) is 2.67. The molecule has 1 aromatic rings. The van der Waals surface area contributed by atoms with E-state index in [9.17, 15) is 9.59 Å². The van der Waals surface area contributed by atoms with E-state index in [2.05, 4.69) is 24.1 Å². The average Bonchev–Trinajstić information content (AvgIpc) is 2.52. The van der Waals surface area contributed by atoms with Gasteiger partial charge in [0.25, 0.3) is 5.91 Å². The third-order valence-electron chi connectivity index (χ3n) is 4.06. The molecule has 23 heavy (non-hydrogen) atoms. The Balaban J connectivity index is 1.91. The summed E-state index contributed by atoms with van der Waals surface area (Å²) >= 11 is 0. The molecule has 0 aliphatic carbocycles. The van der Waals surface area contributed by atoms with Crippen LogP contribution in [0, 0.1) is 5.92 Å². The summed E-state index contributed by atoms with van der Waals surface area (Å²) in [6.45, 7) is 8.86. The normalized spacial score (nSPS) is 15.7. The number of carbonyl (C=O) groups is 2. The SMILES string of the molecule is CC(C)CCN1CCN(C(=O)c2cccc(NC(N)=O)c2)CC1. The van der Waals surface area contributed by atoms with E-state index in [1.54, 1.807) is 24.3 Å². The first kappa shape index (κ1) is 17.3. The van der Waals surface area contributed by atoms with Gasteiger partial charge in [0.05, 0.1) is 0 Å². The van der Waals surface area contributed by atoms with Gasteiger partial charge in [0.15, 0.2) is 0 Å². The summed E-state index contributed by atoms with van der Waals surface area (Å²) in [6.07, 6.45) is 1.19. The van der Waals surface area contributed by atoms with E-state index < -0.39 is 6.03 Å². The summed E-state index contributed by atoms with van der Waals surface area (Å²) < 4.78 is 0. The van der Waals surface area contributed by atoms with Gasteiger partial charge in [-0.05, 0) is 37.1 Å². The fraction of sp³-hybridized carbons (Fsp3) is 0.529. The van der Waals surface area contributed by atoms with Gasteiger partial charge in [-0.25, -0.2) is 4.79 Å². The van der Waals surface area contributed by atoms with Crippen molar-refractivity contribution in [3.8, 4) is 0 Å². The number of nitrogens with one attached hydrogen (secondary N) is 1. The Labute approximate surface area is 137 Å². The van der Waals surface area contributed by atoms with Crippen LogP contribution in [0.25, 0.3) is 0 Å². The third-order valence-corrected chi connectivity index (χ3v) is 4.06. The van der Waals surface area contributed by atoms with E-state index in [1.807, 2.05) is 4.90 Å². The number of amides is 3. The van der Waals surface area contributed by atoms with Crippen molar-refractivity contribution in [2.24, 2.45) is 11.7 Å². The molecule has 0 unspecified atom stereocenters. The third kappa shape index (κ3) is 5.25. The van der Waals surface area contributed by atoms with Crippen molar-refractivity contribution in [3.63, 3.8) is 0 Å². The molecule has 0 spiro atoms. The number of piperazine rings is 1. The molecule has 6 heteroatoms. The predicted octanol–water partition coefficient (Wildman–Crippen LogP) is 1.98. The van der Waals surface area contributed by atoms with Crippen LogP contribution in [0.5, 0.6) is 0 Å². The van der Waals surface area contributed by atoms with Crippen molar-refractivity contribution in [3.05, 3.63) is 29.8 Å². The van der Waals surface area contributed by atoms with Gasteiger partial charge >= 0.3 is 6.03 Å². The van der Waals surface area contributed by atoms with Crippen molar-refractivity contribution in [2.45, 2.75) is 20.3 Å². The molecule has 0 bridgehead atoms. The highest BCUT2D eigenvalue weighted by Gasteiger charge is 2.22. The summed E-state index contributed by atoms with van der Waals surface area (Å²) in [5, 5.41) is 2.50. The molecule has 0 saturated carbocycles. The lowest BCUT2D eigenvalue weighted by Gasteiger charge is -2.35. The minimum Gasteiger partial charge on any atom is -0.351 e. The smallest absolute Gasteiger partial charge is 0.316 e. The van der Waals surface area contributed by atoms with Crippen molar-refractivity contribution in [1.82, 2.24) is 9.80 Å². The summed E-state index contributed by atoms with van der Waals surface area (Å²) in [5.74, 6) is 0.705. The van der Waals surface area contributed by atoms with Crippen molar-refractivity contribution in [1.29, 1.82) is 0 Å². The number of benzene rings is 1. The number of urea groups is 1. The van der Waals surface area contributed by atoms with Gasteiger partial charge < -0.3 is 16.0 Å². The van der Waals surface area contributed by atoms with E-state index >= 15 is 0 Å². The molecule has 126 valence electrons. The van der Waals surface area contributed by atoms with Crippen LogP contribution in [0.4, 0.5) is 10.5 Å². The summed E-state index contributed by atoms with van der Waals surface area (Å²) in [7, 11) is 0. The maximum atomic E-state index is 12.6. The van der Waals surface area contributed by atoms with E-state index in [-0.39, 0.29) is 5.91 Å². The second-order valence-electron chi connectivity index (χ2n) is 6.39. The van der Waals surface area contributed by atoms with Crippen molar-refractivity contribution < 1.29 is 9.59 Å². The lowest BCUT2D eigenvalue weighted by Crippen LogP contribution is -2.49. The molecule has 1 heterocycles. The van der Waals surface area contributed by atoms with E-state index in [0.29, 0.717) is 17.2 Å². The van der Waals surface area contributed by atoms with Gasteiger partial charge in [-0.15, -0.1) is 0 Å². The van der Waals surface area contributed by atoms with Crippen LogP contribution >= 0.6 is 0 Å². The zero-order valence-corrected chi connectivity index (χ0v) is 13.9. The number of primary amides is 1. The summed E-state index contributed by atoms with van der Waals surface area (Å²) in [5.41, 5.74) is 6.22. The Morgan fingerprint density at radius 1 is 1.22 bits per heavy atom. The largest absolute Gasteiger partial charge is 0.351 e. The molecule has 1 aliphatic rings. The Hall–Kier alpha value is -2.08. The molecule has 1 saturated heterocycles. The van der Waals surface area contributed by atoms with Gasteiger partial charge in [0, 0.05) is 37.4 Å². The van der Waals surface area contributed by atoms with Crippen LogP contribution in [0.15, 0.2) is 24.3 Å². The molecular formula is C17H26N4O2. The van der Waals surface area contributed by atoms with E-state index in [4.69, 9.17) is 5.73 Å². The molecule has 0 atom stereocenters. The lowest BCUT2D eigenvalue weighted by atomic mass is 10.1. The molecule has 0 radical (unpaired) electrons. The number of hydrogen-bond donors (Lipinski definition) is 2. The number of rotatable bonds is 5. The fourth-order valence-corrected chi connectivity index (χ4v) is 2.67. The van der Waals surface area contributed by atoms with Crippen molar-refractivity contribution in [2.75, 3.05) is 38.0 Å². The Kier molecular flexibility index (Phi) is 5.98. The predicted molar refractivity (Wildman–Crippen MR) is 91.4 cm³/mol. The number of hydrogen-bond acceptors (Lipinski definition) is 3. The van der Waals surface area contributed by atoms with Gasteiger partial charge in [0.1, 0.15) is 0 Å².